The van der Waals surface area contributed by atoms with Crippen LogP contribution in [0.5, 0.6) is 0 Å². The van der Waals surface area contributed by atoms with E-state index in [4.69, 9.17) is 9.26 Å². The minimum absolute atomic E-state index is 0.0588. The van der Waals surface area contributed by atoms with Crippen LogP contribution in [-0.2, 0) is 21.6 Å². The Hall–Kier alpha value is -2.24. The third kappa shape index (κ3) is 2.73. The summed E-state index contributed by atoms with van der Waals surface area (Å²) in [6.07, 6.45) is 3.17. The van der Waals surface area contributed by atoms with Gasteiger partial charge in [-0.1, -0.05) is 30.1 Å². The van der Waals surface area contributed by atoms with E-state index in [0.717, 1.165) is 12.8 Å². The number of aromatic nitrogens is 2. The number of rotatable bonds is 4. The van der Waals surface area contributed by atoms with E-state index in [0.29, 0.717) is 24.2 Å². The fourth-order valence-electron chi connectivity index (χ4n) is 3.04. The number of esters is 1. The number of nitrogens with zero attached hydrogens (tertiary/aromatic N) is 2. The molecule has 1 aromatic carbocycles. The summed E-state index contributed by atoms with van der Waals surface area (Å²) < 4.78 is 23.8. The molecule has 0 bridgehead atoms. The van der Waals surface area contributed by atoms with Crippen molar-refractivity contribution < 1.29 is 18.4 Å². The minimum atomic E-state index is -0.767. The highest BCUT2D eigenvalue weighted by Crippen LogP contribution is 2.42. The lowest BCUT2D eigenvalue weighted by Gasteiger charge is -2.26. The fourth-order valence-corrected chi connectivity index (χ4v) is 3.04. The monoisotopic (exact) mass is 304 g/mol. The topological polar surface area (TPSA) is 65.2 Å². The van der Waals surface area contributed by atoms with Crippen molar-refractivity contribution in [3.8, 4) is 0 Å². The SMILES string of the molecule is Cc1noc(COC(=O)C2(c3cccc(F)c3)CCCC2)n1. The first-order chi connectivity index (χ1) is 10.6. The van der Waals surface area contributed by atoms with Gasteiger partial charge in [-0.25, -0.2) is 4.39 Å². The van der Waals surface area contributed by atoms with Crippen molar-refractivity contribution in [3.63, 3.8) is 0 Å². The molecule has 6 heteroatoms. The molecule has 22 heavy (non-hydrogen) atoms. The summed E-state index contributed by atoms with van der Waals surface area (Å²) in [6.45, 7) is 1.64. The Kier molecular flexibility index (Phi) is 3.92. The average molecular weight is 304 g/mol. The molecule has 5 nitrogen and oxygen atoms in total. The summed E-state index contributed by atoms with van der Waals surface area (Å²) in [5, 5.41) is 3.65. The van der Waals surface area contributed by atoms with Crippen molar-refractivity contribution in [2.45, 2.75) is 44.6 Å². The molecule has 1 heterocycles. The van der Waals surface area contributed by atoms with Crippen molar-refractivity contribution in [1.82, 2.24) is 10.1 Å². The molecule has 0 N–H and O–H groups in total. The van der Waals surface area contributed by atoms with E-state index in [2.05, 4.69) is 10.1 Å². The van der Waals surface area contributed by atoms with Gasteiger partial charge in [0.1, 0.15) is 5.82 Å². The number of halogens is 1. The lowest BCUT2D eigenvalue weighted by Crippen LogP contribution is -2.34. The molecule has 116 valence electrons. The average Bonchev–Trinajstić information content (AvgIpc) is 3.14. The summed E-state index contributed by atoms with van der Waals surface area (Å²) in [5.74, 6) is 0.0561. The largest absolute Gasteiger partial charge is 0.455 e. The second-order valence-electron chi connectivity index (χ2n) is 5.61. The maximum atomic E-state index is 13.5. The van der Waals surface area contributed by atoms with Gasteiger partial charge in [-0.15, -0.1) is 0 Å². The smallest absolute Gasteiger partial charge is 0.317 e. The van der Waals surface area contributed by atoms with Crippen LogP contribution >= 0.6 is 0 Å². The van der Waals surface area contributed by atoms with Gasteiger partial charge >= 0.3 is 5.97 Å². The van der Waals surface area contributed by atoms with Crippen LogP contribution in [0.15, 0.2) is 28.8 Å². The van der Waals surface area contributed by atoms with Crippen molar-refractivity contribution in [2.75, 3.05) is 0 Å². The number of hydrogen-bond donors (Lipinski definition) is 0. The lowest BCUT2D eigenvalue weighted by molar-refractivity contribution is -0.152. The van der Waals surface area contributed by atoms with Gasteiger partial charge < -0.3 is 9.26 Å². The molecule has 1 aromatic heterocycles. The fraction of sp³-hybridized carbons (Fsp3) is 0.438. The first-order valence-electron chi connectivity index (χ1n) is 7.33. The Bertz CT molecular complexity index is 678. The number of carbonyl (C=O) groups is 1. The molecule has 1 fully saturated rings. The van der Waals surface area contributed by atoms with E-state index in [1.54, 1.807) is 19.1 Å². The first kappa shape index (κ1) is 14.7. The third-order valence-corrected chi connectivity index (χ3v) is 4.12. The summed E-state index contributed by atoms with van der Waals surface area (Å²) in [7, 11) is 0. The van der Waals surface area contributed by atoms with Crippen LogP contribution in [0, 0.1) is 12.7 Å². The van der Waals surface area contributed by atoms with Gasteiger partial charge in [-0.05, 0) is 37.5 Å². The highest BCUT2D eigenvalue weighted by Gasteiger charge is 2.44. The van der Waals surface area contributed by atoms with E-state index in [9.17, 15) is 9.18 Å². The van der Waals surface area contributed by atoms with Crippen LogP contribution < -0.4 is 0 Å². The molecular formula is C16H17FN2O3. The zero-order valence-electron chi connectivity index (χ0n) is 12.3. The summed E-state index contributed by atoms with van der Waals surface area (Å²) in [5.41, 5.74) is -0.0892. The summed E-state index contributed by atoms with van der Waals surface area (Å²) in [4.78, 5) is 16.6. The number of carbonyl (C=O) groups excluding carboxylic acids is 1. The second-order valence-corrected chi connectivity index (χ2v) is 5.61. The zero-order chi connectivity index (χ0) is 15.6. The Morgan fingerprint density at radius 2 is 2.18 bits per heavy atom. The predicted octanol–water partition coefficient (Wildman–Crippen LogP) is 3.07. The van der Waals surface area contributed by atoms with Crippen LogP contribution in [0.3, 0.4) is 0 Å². The quantitative estimate of drug-likeness (QED) is 0.812. The van der Waals surface area contributed by atoms with Crippen LogP contribution in [0.25, 0.3) is 0 Å². The van der Waals surface area contributed by atoms with Gasteiger partial charge in [0.15, 0.2) is 12.4 Å². The maximum absolute atomic E-state index is 13.5. The lowest BCUT2D eigenvalue weighted by atomic mass is 9.79. The predicted molar refractivity (Wildman–Crippen MR) is 75.4 cm³/mol. The normalized spacial score (nSPS) is 16.6. The molecule has 3 rings (SSSR count). The Labute approximate surface area is 127 Å². The van der Waals surface area contributed by atoms with Gasteiger partial charge in [-0.3, -0.25) is 4.79 Å². The van der Waals surface area contributed by atoms with Gasteiger partial charge in [0.2, 0.25) is 0 Å². The van der Waals surface area contributed by atoms with E-state index in [1.807, 2.05) is 0 Å². The molecule has 1 aliphatic carbocycles. The van der Waals surface area contributed by atoms with E-state index >= 15 is 0 Å². The molecule has 1 saturated carbocycles. The van der Waals surface area contributed by atoms with Crippen molar-refractivity contribution in [3.05, 3.63) is 47.4 Å². The maximum Gasteiger partial charge on any atom is 0.317 e. The van der Waals surface area contributed by atoms with Crippen LogP contribution in [0.2, 0.25) is 0 Å². The standard InChI is InChI=1S/C16H17FN2O3/c1-11-18-14(22-19-11)10-21-15(20)16(7-2-3-8-16)12-5-4-6-13(17)9-12/h4-6,9H,2-3,7-8,10H2,1H3. The van der Waals surface area contributed by atoms with E-state index in [1.165, 1.54) is 12.1 Å². The molecule has 0 aliphatic heterocycles. The zero-order valence-corrected chi connectivity index (χ0v) is 12.3. The third-order valence-electron chi connectivity index (χ3n) is 4.12. The highest BCUT2D eigenvalue weighted by molar-refractivity contribution is 5.83. The molecule has 2 aromatic rings. The van der Waals surface area contributed by atoms with Gasteiger partial charge in [0.05, 0.1) is 5.41 Å². The van der Waals surface area contributed by atoms with E-state index < -0.39 is 5.41 Å². The van der Waals surface area contributed by atoms with Crippen LogP contribution in [0.4, 0.5) is 4.39 Å². The summed E-state index contributed by atoms with van der Waals surface area (Å²) in [6, 6.07) is 6.20. The first-order valence-corrected chi connectivity index (χ1v) is 7.33. The molecule has 0 saturated heterocycles. The molecular weight excluding hydrogens is 287 g/mol. The number of hydrogen-bond acceptors (Lipinski definition) is 5. The Balaban J connectivity index is 1.79. The highest BCUT2D eigenvalue weighted by atomic mass is 19.1. The van der Waals surface area contributed by atoms with Gasteiger partial charge in [0.25, 0.3) is 5.89 Å². The summed E-state index contributed by atoms with van der Waals surface area (Å²) >= 11 is 0. The second kappa shape index (κ2) is 5.87. The molecule has 0 atom stereocenters. The minimum Gasteiger partial charge on any atom is -0.455 e. The molecule has 1 aliphatic rings. The Morgan fingerprint density at radius 1 is 1.41 bits per heavy atom. The number of benzene rings is 1. The number of ether oxygens (including phenoxy) is 1. The molecule has 0 spiro atoms. The number of aryl methyl sites for hydroxylation is 1. The molecule has 0 radical (unpaired) electrons. The molecule has 0 amide bonds. The van der Waals surface area contributed by atoms with Crippen molar-refractivity contribution >= 4 is 5.97 Å². The van der Waals surface area contributed by atoms with E-state index in [-0.39, 0.29) is 24.3 Å². The van der Waals surface area contributed by atoms with Gasteiger partial charge in [0, 0.05) is 0 Å². The molecule has 0 unspecified atom stereocenters. The van der Waals surface area contributed by atoms with Gasteiger partial charge in [-0.2, -0.15) is 4.98 Å². The van der Waals surface area contributed by atoms with Crippen LogP contribution in [-0.4, -0.2) is 16.1 Å². The van der Waals surface area contributed by atoms with Crippen molar-refractivity contribution in [2.24, 2.45) is 0 Å². The Morgan fingerprint density at radius 3 is 2.82 bits per heavy atom. The van der Waals surface area contributed by atoms with Crippen molar-refractivity contribution in [1.29, 1.82) is 0 Å². The van der Waals surface area contributed by atoms with Crippen LogP contribution in [0.1, 0.15) is 43.0 Å².